The normalized spacial score (nSPS) is 16.2. The van der Waals surface area contributed by atoms with E-state index >= 15 is 0 Å². The van der Waals surface area contributed by atoms with Gasteiger partial charge in [0.05, 0.1) is 21.8 Å². The molecule has 0 bridgehead atoms. The van der Waals surface area contributed by atoms with Gasteiger partial charge in [-0.2, -0.15) is 0 Å². The molecule has 0 radical (unpaired) electrons. The lowest BCUT2D eigenvalue weighted by molar-refractivity contribution is 0.0794. The molecule has 1 saturated heterocycles. The summed E-state index contributed by atoms with van der Waals surface area (Å²) in [5.74, 6) is -0.456. The van der Waals surface area contributed by atoms with Gasteiger partial charge in [-0.25, -0.2) is 8.42 Å². The average Bonchev–Trinajstić information content (AvgIpc) is 3.37. The van der Waals surface area contributed by atoms with E-state index in [1.54, 1.807) is 71.6 Å². The Bertz CT molecular complexity index is 1380. The Kier molecular flexibility index (Phi) is 5.17. The van der Waals surface area contributed by atoms with Crippen molar-refractivity contribution in [3.8, 4) is 11.1 Å². The van der Waals surface area contributed by atoms with E-state index in [1.807, 2.05) is 0 Å². The predicted molar refractivity (Wildman–Crippen MR) is 127 cm³/mol. The summed E-state index contributed by atoms with van der Waals surface area (Å²) < 4.78 is 26.9. The van der Waals surface area contributed by atoms with Crippen LogP contribution >= 0.6 is 0 Å². The second kappa shape index (κ2) is 8.04. The maximum Gasteiger partial charge on any atom is 0.264 e. The van der Waals surface area contributed by atoms with E-state index in [0.29, 0.717) is 33.6 Å². The van der Waals surface area contributed by atoms with E-state index in [0.717, 1.165) is 25.9 Å². The Morgan fingerprint density at radius 3 is 2.36 bits per heavy atom. The zero-order valence-electron chi connectivity index (χ0n) is 18.1. The zero-order chi connectivity index (χ0) is 23.2. The van der Waals surface area contributed by atoms with Gasteiger partial charge < -0.3 is 10.2 Å². The lowest BCUT2D eigenvalue weighted by atomic mass is 10.00. The van der Waals surface area contributed by atoms with Crippen molar-refractivity contribution < 1.29 is 18.0 Å². The number of carbonyl (C=O) groups is 2. The van der Waals surface area contributed by atoms with Gasteiger partial charge in [0.1, 0.15) is 0 Å². The summed E-state index contributed by atoms with van der Waals surface area (Å²) in [6, 6.07) is 18.7. The van der Waals surface area contributed by atoms with Crippen molar-refractivity contribution in [2.24, 2.45) is 0 Å². The number of hydrogen-bond donors (Lipinski definition) is 1. The first-order valence-electron chi connectivity index (χ1n) is 10.8. The summed E-state index contributed by atoms with van der Waals surface area (Å²) in [6.07, 6.45) is 1.97. The predicted octanol–water partition coefficient (Wildman–Crippen LogP) is 3.98. The smallest absolute Gasteiger partial charge is 0.264 e. The topological polar surface area (TPSA) is 86.8 Å². The molecular formula is C25H23N3O4S. The van der Waals surface area contributed by atoms with E-state index in [2.05, 4.69) is 5.32 Å². The number of anilines is 2. The van der Waals surface area contributed by atoms with Crippen LogP contribution in [-0.2, 0) is 10.0 Å². The van der Waals surface area contributed by atoms with E-state index in [9.17, 15) is 18.0 Å². The fraction of sp³-hybridized carbons (Fsp3) is 0.200. The molecule has 0 atom stereocenters. The van der Waals surface area contributed by atoms with Crippen LogP contribution in [0.4, 0.5) is 11.4 Å². The highest BCUT2D eigenvalue weighted by atomic mass is 32.2. The number of fused-ring (bicyclic) bond motifs is 3. The molecule has 3 aromatic rings. The molecular weight excluding hydrogens is 438 g/mol. The van der Waals surface area contributed by atoms with Crippen LogP contribution < -0.4 is 9.62 Å². The highest BCUT2D eigenvalue weighted by Gasteiger charge is 2.32. The first-order chi connectivity index (χ1) is 15.9. The zero-order valence-corrected chi connectivity index (χ0v) is 18.9. The number of carbonyl (C=O) groups excluding carboxylic acids is 2. The number of amides is 2. The highest BCUT2D eigenvalue weighted by molar-refractivity contribution is 7.93. The lowest BCUT2D eigenvalue weighted by Gasteiger charge is -2.29. The Morgan fingerprint density at radius 2 is 1.58 bits per heavy atom. The van der Waals surface area contributed by atoms with Gasteiger partial charge in [0, 0.05) is 36.8 Å². The second-order valence-electron chi connectivity index (χ2n) is 8.20. The van der Waals surface area contributed by atoms with Gasteiger partial charge in [-0.05, 0) is 49.2 Å². The molecule has 1 fully saturated rings. The minimum Gasteiger partial charge on any atom is -0.339 e. The number of sulfonamides is 1. The molecule has 0 spiro atoms. The Labute approximate surface area is 192 Å². The van der Waals surface area contributed by atoms with Crippen LogP contribution in [0, 0.1) is 0 Å². The number of para-hydroxylation sites is 1. The van der Waals surface area contributed by atoms with Crippen molar-refractivity contribution in [2.45, 2.75) is 17.7 Å². The molecule has 2 aliphatic heterocycles. The molecule has 0 aliphatic carbocycles. The number of nitrogens with one attached hydrogen (secondary N) is 1. The van der Waals surface area contributed by atoms with E-state index in [-0.39, 0.29) is 16.7 Å². The van der Waals surface area contributed by atoms with Gasteiger partial charge in [0.25, 0.3) is 21.8 Å². The van der Waals surface area contributed by atoms with E-state index in [4.69, 9.17) is 0 Å². The minimum absolute atomic E-state index is 0.0883. The van der Waals surface area contributed by atoms with Gasteiger partial charge in [0.2, 0.25) is 0 Å². The molecule has 0 saturated carbocycles. The third-order valence-corrected chi connectivity index (χ3v) is 8.04. The Hall–Kier alpha value is -3.65. The lowest BCUT2D eigenvalue weighted by Crippen LogP contribution is -2.30. The molecule has 0 unspecified atom stereocenters. The molecule has 2 heterocycles. The van der Waals surface area contributed by atoms with Crippen molar-refractivity contribution in [3.63, 3.8) is 0 Å². The summed E-state index contributed by atoms with van der Waals surface area (Å²) >= 11 is 0. The number of benzene rings is 3. The number of likely N-dealkylation sites (tertiary alicyclic amines) is 1. The minimum atomic E-state index is -3.65. The van der Waals surface area contributed by atoms with E-state index in [1.165, 1.54) is 11.4 Å². The van der Waals surface area contributed by atoms with Crippen LogP contribution in [0.1, 0.15) is 33.6 Å². The van der Waals surface area contributed by atoms with Gasteiger partial charge in [0.15, 0.2) is 0 Å². The van der Waals surface area contributed by atoms with Crippen molar-refractivity contribution in [1.29, 1.82) is 0 Å². The van der Waals surface area contributed by atoms with Crippen LogP contribution in [0.25, 0.3) is 11.1 Å². The fourth-order valence-electron chi connectivity index (χ4n) is 4.42. The van der Waals surface area contributed by atoms with E-state index < -0.39 is 10.0 Å². The van der Waals surface area contributed by atoms with Crippen LogP contribution in [0.15, 0.2) is 71.6 Å². The summed E-state index contributed by atoms with van der Waals surface area (Å²) in [6.45, 7) is 1.45. The summed E-state index contributed by atoms with van der Waals surface area (Å²) in [7, 11) is -2.14. The molecule has 168 valence electrons. The van der Waals surface area contributed by atoms with Crippen LogP contribution in [0.3, 0.4) is 0 Å². The number of rotatable bonds is 3. The molecule has 0 aromatic heterocycles. The summed E-state index contributed by atoms with van der Waals surface area (Å²) in [5, 5.41) is 2.87. The first-order valence-corrected chi connectivity index (χ1v) is 12.2. The molecule has 8 heteroatoms. The standard InChI is InChI=1S/C25H23N3O4S/c1-27-22-13-12-17(16-20(22)18-8-3-5-11-23(18)33(27,31)32)24(29)26-21-10-4-2-9-19(21)25(30)28-14-6-7-15-28/h2-5,8-13,16H,6-7,14-15H2,1H3,(H,26,29). The van der Waals surface area contributed by atoms with Gasteiger partial charge in [-0.15, -0.1) is 0 Å². The first kappa shape index (κ1) is 21.2. The van der Waals surface area contributed by atoms with Crippen LogP contribution in [0.2, 0.25) is 0 Å². The van der Waals surface area contributed by atoms with Crippen molar-refractivity contribution >= 4 is 33.2 Å². The Morgan fingerprint density at radius 1 is 0.879 bits per heavy atom. The van der Waals surface area contributed by atoms with Crippen LogP contribution in [-0.4, -0.2) is 45.3 Å². The van der Waals surface area contributed by atoms with Crippen molar-refractivity contribution in [3.05, 3.63) is 77.9 Å². The SMILES string of the molecule is CN1c2ccc(C(=O)Nc3ccccc3C(=O)N3CCCC3)cc2-c2ccccc2S1(=O)=O. The maximum absolute atomic E-state index is 13.1. The third-order valence-electron chi connectivity index (χ3n) is 6.21. The molecule has 33 heavy (non-hydrogen) atoms. The monoisotopic (exact) mass is 461 g/mol. The molecule has 1 N–H and O–H groups in total. The van der Waals surface area contributed by atoms with Crippen molar-refractivity contribution in [1.82, 2.24) is 4.90 Å². The van der Waals surface area contributed by atoms with Gasteiger partial charge >= 0.3 is 0 Å². The fourth-order valence-corrected chi connectivity index (χ4v) is 5.84. The van der Waals surface area contributed by atoms with Gasteiger partial charge in [-0.1, -0.05) is 30.3 Å². The molecule has 2 aliphatic rings. The molecule has 5 rings (SSSR count). The molecule has 2 amide bonds. The quantitative estimate of drug-likeness (QED) is 0.639. The maximum atomic E-state index is 13.1. The molecule has 7 nitrogen and oxygen atoms in total. The Balaban J connectivity index is 1.49. The number of nitrogens with zero attached hydrogens (tertiary/aromatic N) is 2. The number of hydrogen-bond acceptors (Lipinski definition) is 4. The average molecular weight is 462 g/mol. The summed E-state index contributed by atoms with van der Waals surface area (Å²) in [5.41, 5.74) is 3.02. The van der Waals surface area contributed by atoms with Gasteiger partial charge in [-0.3, -0.25) is 13.9 Å². The molecule has 3 aromatic carbocycles. The summed E-state index contributed by atoms with van der Waals surface area (Å²) in [4.78, 5) is 28.1. The second-order valence-corrected chi connectivity index (χ2v) is 10.1. The van der Waals surface area contributed by atoms with Crippen molar-refractivity contribution in [2.75, 3.05) is 29.8 Å². The van der Waals surface area contributed by atoms with Crippen LogP contribution in [0.5, 0.6) is 0 Å². The third kappa shape index (κ3) is 3.56. The highest BCUT2D eigenvalue weighted by Crippen LogP contribution is 2.42. The largest absolute Gasteiger partial charge is 0.339 e.